The van der Waals surface area contributed by atoms with E-state index >= 15 is 0 Å². The van der Waals surface area contributed by atoms with E-state index in [-0.39, 0.29) is 0 Å². The van der Waals surface area contributed by atoms with Crippen molar-refractivity contribution in [2.24, 2.45) is 0 Å². The molecule has 90 valence electrons. The van der Waals surface area contributed by atoms with Crippen LogP contribution in [0.25, 0.3) is 0 Å². The number of benzene rings is 1. The highest BCUT2D eigenvalue weighted by Gasteiger charge is 2.05. The largest absolute Gasteiger partial charge is 0.378 e. The summed E-state index contributed by atoms with van der Waals surface area (Å²) < 4.78 is 0. The summed E-state index contributed by atoms with van der Waals surface area (Å²) in [6.45, 7) is 9.26. The van der Waals surface area contributed by atoms with Crippen LogP contribution in [0.1, 0.15) is 26.7 Å². The van der Waals surface area contributed by atoms with Gasteiger partial charge in [0, 0.05) is 10.6 Å². The third-order valence-electron chi connectivity index (χ3n) is 2.97. The molecule has 1 N–H and O–H groups in total. The molecular weight excluding hydrogens is 228 g/mol. The third-order valence-corrected chi connectivity index (χ3v) is 4.04. The Morgan fingerprint density at radius 1 is 1.12 bits per heavy atom. The van der Waals surface area contributed by atoms with Crippen LogP contribution in [0, 0.1) is 27.7 Å². The van der Waals surface area contributed by atoms with Crippen molar-refractivity contribution in [3.05, 3.63) is 44.9 Å². The number of hydrogen-bond acceptors (Lipinski definition) is 3. The molecule has 2 aromatic rings. The van der Waals surface area contributed by atoms with Crippen LogP contribution in [0.15, 0.2) is 18.2 Å². The van der Waals surface area contributed by atoms with E-state index in [0.29, 0.717) is 0 Å². The molecule has 17 heavy (non-hydrogen) atoms. The number of aromatic nitrogens is 1. The Morgan fingerprint density at radius 3 is 2.29 bits per heavy atom. The first-order valence-corrected chi connectivity index (χ1v) is 6.62. The average molecular weight is 246 g/mol. The summed E-state index contributed by atoms with van der Waals surface area (Å²) in [5.74, 6) is 0. The first-order chi connectivity index (χ1) is 8.08. The van der Waals surface area contributed by atoms with Gasteiger partial charge in [0.2, 0.25) is 0 Å². The smallest absolute Gasteiger partial charge is 0.112 e. The van der Waals surface area contributed by atoms with Gasteiger partial charge in [-0.05, 0) is 38.8 Å². The van der Waals surface area contributed by atoms with Crippen LogP contribution < -0.4 is 5.32 Å². The first kappa shape index (κ1) is 12.1. The lowest BCUT2D eigenvalue weighted by Crippen LogP contribution is -2.02. The van der Waals surface area contributed by atoms with E-state index in [2.05, 4.69) is 56.2 Å². The molecule has 0 aliphatic rings. The molecule has 1 aromatic heterocycles. The van der Waals surface area contributed by atoms with Crippen molar-refractivity contribution in [1.29, 1.82) is 0 Å². The molecule has 0 amide bonds. The zero-order valence-corrected chi connectivity index (χ0v) is 11.6. The van der Waals surface area contributed by atoms with Gasteiger partial charge in [0.25, 0.3) is 0 Å². The maximum absolute atomic E-state index is 4.54. The second kappa shape index (κ2) is 4.88. The van der Waals surface area contributed by atoms with Crippen LogP contribution >= 0.6 is 11.3 Å². The van der Waals surface area contributed by atoms with E-state index in [1.54, 1.807) is 11.3 Å². The molecule has 0 unspecified atom stereocenters. The minimum absolute atomic E-state index is 0.811. The van der Waals surface area contributed by atoms with Gasteiger partial charge in [-0.25, -0.2) is 4.98 Å². The van der Waals surface area contributed by atoms with Crippen molar-refractivity contribution < 1.29 is 0 Å². The second-order valence-corrected chi connectivity index (χ2v) is 5.66. The summed E-state index contributed by atoms with van der Waals surface area (Å²) in [5, 5.41) is 4.64. The van der Waals surface area contributed by atoms with Crippen LogP contribution in [0.2, 0.25) is 0 Å². The van der Waals surface area contributed by atoms with Crippen molar-refractivity contribution in [3.8, 4) is 0 Å². The molecule has 0 aliphatic carbocycles. The molecule has 1 heterocycles. The van der Waals surface area contributed by atoms with Crippen LogP contribution in [-0.4, -0.2) is 4.98 Å². The van der Waals surface area contributed by atoms with Crippen molar-refractivity contribution in [2.75, 3.05) is 5.32 Å². The number of rotatable bonds is 3. The van der Waals surface area contributed by atoms with Crippen LogP contribution in [0.5, 0.6) is 0 Å². The number of thiazole rings is 1. The number of anilines is 1. The molecule has 1 aromatic carbocycles. The van der Waals surface area contributed by atoms with E-state index in [1.165, 1.54) is 21.7 Å². The summed E-state index contributed by atoms with van der Waals surface area (Å²) in [6, 6.07) is 6.36. The molecular formula is C14H18N2S. The Labute approximate surface area is 107 Å². The number of nitrogens with zero attached hydrogens (tertiary/aromatic N) is 1. The van der Waals surface area contributed by atoms with Crippen molar-refractivity contribution in [2.45, 2.75) is 34.2 Å². The molecule has 0 aliphatic heterocycles. The molecule has 0 saturated heterocycles. The molecule has 0 saturated carbocycles. The van der Waals surface area contributed by atoms with Crippen LogP contribution in [-0.2, 0) is 6.54 Å². The minimum Gasteiger partial charge on any atom is -0.378 e. The highest BCUT2D eigenvalue weighted by Crippen LogP contribution is 2.22. The molecule has 0 radical (unpaired) electrons. The van der Waals surface area contributed by atoms with Gasteiger partial charge in [-0.2, -0.15) is 0 Å². The van der Waals surface area contributed by atoms with Gasteiger partial charge in [-0.1, -0.05) is 18.2 Å². The lowest BCUT2D eigenvalue weighted by Gasteiger charge is -2.11. The fourth-order valence-corrected chi connectivity index (χ4v) is 2.75. The first-order valence-electron chi connectivity index (χ1n) is 5.81. The minimum atomic E-state index is 0.811. The Morgan fingerprint density at radius 2 is 1.76 bits per heavy atom. The molecule has 2 nitrogen and oxygen atoms in total. The third kappa shape index (κ3) is 2.67. The van der Waals surface area contributed by atoms with Crippen molar-refractivity contribution >= 4 is 17.0 Å². The Balaban J connectivity index is 2.12. The summed E-state index contributed by atoms with van der Waals surface area (Å²) in [5.41, 5.74) is 4.95. The van der Waals surface area contributed by atoms with E-state index in [0.717, 1.165) is 17.2 Å². The zero-order chi connectivity index (χ0) is 12.4. The van der Waals surface area contributed by atoms with Crippen LogP contribution in [0.4, 0.5) is 5.69 Å². The highest BCUT2D eigenvalue weighted by atomic mass is 32.1. The summed E-state index contributed by atoms with van der Waals surface area (Å²) in [7, 11) is 0. The maximum atomic E-state index is 4.54. The quantitative estimate of drug-likeness (QED) is 0.885. The van der Waals surface area contributed by atoms with Gasteiger partial charge in [-0.15, -0.1) is 11.3 Å². The van der Waals surface area contributed by atoms with Gasteiger partial charge in [-0.3, -0.25) is 0 Å². The molecule has 0 fully saturated rings. The molecule has 2 rings (SSSR count). The van der Waals surface area contributed by atoms with Gasteiger partial charge in [0.1, 0.15) is 5.01 Å². The molecule has 3 heteroatoms. The Kier molecular flexibility index (Phi) is 3.48. The Bertz CT molecular complexity index is 489. The number of hydrogen-bond donors (Lipinski definition) is 1. The summed E-state index contributed by atoms with van der Waals surface area (Å²) in [6.07, 6.45) is 0. The predicted octanol–water partition coefficient (Wildman–Crippen LogP) is 3.99. The van der Waals surface area contributed by atoms with Gasteiger partial charge in [0.15, 0.2) is 0 Å². The predicted molar refractivity (Wildman–Crippen MR) is 74.8 cm³/mol. The SMILES string of the molecule is Cc1cccc(C)c1NCc1nc(C)c(C)s1. The topological polar surface area (TPSA) is 24.9 Å². The maximum Gasteiger partial charge on any atom is 0.112 e. The van der Waals surface area contributed by atoms with Crippen molar-refractivity contribution in [3.63, 3.8) is 0 Å². The average Bonchev–Trinajstić information content (AvgIpc) is 2.58. The lowest BCUT2D eigenvalue weighted by molar-refractivity contribution is 1.06. The fraction of sp³-hybridized carbons (Fsp3) is 0.357. The number of nitrogens with one attached hydrogen (secondary N) is 1. The Hall–Kier alpha value is -1.35. The standard InChI is InChI=1S/C14H18N2S/c1-9-6-5-7-10(2)14(9)15-8-13-16-11(3)12(4)17-13/h5-7,15H,8H2,1-4H3. The zero-order valence-electron chi connectivity index (χ0n) is 10.8. The number of para-hydroxylation sites is 1. The molecule has 0 atom stereocenters. The molecule has 0 spiro atoms. The lowest BCUT2D eigenvalue weighted by atomic mass is 10.1. The van der Waals surface area contributed by atoms with Crippen LogP contribution in [0.3, 0.4) is 0 Å². The summed E-state index contributed by atoms with van der Waals surface area (Å²) in [4.78, 5) is 5.85. The number of aryl methyl sites for hydroxylation is 4. The molecule has 0 bridgehead atoms. The summed E-state index contributed by atoms with van der Waals surface area (Å²) >= 11 is 1.77. The second-order valence-electron chi connectivity index (χ2n) is 4.37. The monoisotopic (exact) mass is 246 g/mol. The van der Waals surface area contributed by atoms with E-state index in [9.17, 15) is 0 Å². The van der Waals surface area contributed by atoms with E-state index < -0.39 is 0 Å². The fourth-order valence-electron chi connectivity index (χ4n) is 1.87. The van der Waals surface area contributed by atoms with E-state index in [4.69, 9.17) is 0 Å². The van der Waals surface area contributed by atoms with E-state index in [1.807, 2.05) is 0 Å². The normalized spacial score (nSPS) is 10.6. The highest BCUT2D eigenvalue weighted by molar-refractivity contribution is 7.11. The van der Waals surface area contributed by atoms with Gasteiger partial charge < -0.3 is 5.32 Å². The van der Waals surface area contributed by atoms with Gasteiger partial charge in [0.05, 0.1) is 12.2 Å². The van der Waals surface area contributed by atoms with Gasteiger partial charge >= 0.3 is 0 Å². The van der Waals surface area contributed by atoms with Crippen molar-refractivity contribution in [1.82, 2.24) is 4.98 Å².